The second kappa shape index (κ2) is 4.23. The summed E-state index contributed by atoms with van der Waals surface area (Å²) in [5.74, 6) is -0.281. The Kier molecular flexibility index (Phi) is 3.05. The molecule has 0 bridgehead atoms. The summed E-state index contributed by atoms with van der Waals surface area (Å²) in [5, 5.41) is 15.1. The first-order chi connectivity index (χ1) is 7.91. The normalized spacial score (nSPS) is 11.4. The Morgan fingerprint density at radius 3 is 2.76 bits per heavy atom. The van der Waals surface area contributed by atoms with Crippen LogP contribution in [0.4, 0.5) is 5.82 Å². The average Bonchev–Trinajstić information content (AvgIpc) is 2.56. The van der Waals surface area contributed by atoms with E-state index in [2.05, 4.69) is 26.0 Å². The monoisotopic (exact) mass is 318 g/mol. The van der Waals surface area contributed by atoms with Crippen molar-refractivity contribution in [1.29, 1.82) is 0 Å². The van der Waals surface area contributed by atoms with Crippen LogP contribution < -0.4 is 0 Å². The van der Waals surface area contributed by atoms with Gasteiger partial charge < -0.3 is 10.1 Å². The van der Waals surface area contributed by atoms with E-state index in [0.29, 0.717) is 9.99 Å². The maximum absolute atomic E-state index is 10.9. The van der Waals surface area contributed by atoms with Gasteiger partial charge in [-0.05, 0) is 40.8 Å². The highest BCUT2D eigenvalue weighted by molar-refractivity contribution is 9.10. The minimum Gasteiger partial charge on any atom is -0.358 e. The number of fused-ring (bicyclic) bond motifs is 1. The Hall–Kier alpha value is -1.21. The van der Waals surface area contributed by atoms with Crippen LogP contribution in [-0.4, -0.2) is 19.7 Å². The molecule has 2 heterocycles. The molecule has 0 aliphatic carbocycles. The van der Waals surface area contributed by atoms with Crippen LogP contribution >= 0.6 is 27.5 Å². The number of halogens is 2. The summed E-state index contributed by atoms with van der Waals surface area (Å²) in [4.78, 5) is 14.3. The van der Waals surface area contributed by atoms with Gasteiger partial charge in [-0.15, -0.1) is 0 Å². The summed E-state index contributed by atoms with van der Waals surface area (Å²) >= 11 is 9.11. The van der Waals surface area contributed by atoms with E-state index in [0.717, 1.165) is 0 Å². The highest BCUT2D eigenvalue weighted by atomic mass is 79.9. The van der Waals surface area contributed by atoms with Crippen LogP contribution in [0.25, 0.3) is 11.0 Å². The van der Waals surface area contributed by atoms with Crippen molar-refractivity contribution >= 4 is 44.4 Å². The fraction of sp³-hybridized carbons (Fsp3) is 0.333. The molecule has 2 aromatic rings. The van der Waals surface area contributed by atoms with E-state index in [1.165, 1.54) is 0 Å². The predicted molar refractivity (Wildman–Crippen MR) is 67.3 cm³/mol. The SMILES string of the molecule is CC(C)n1nc([N+](=O)[O-])c2nc(Cl)cc(Br)c21. The molecule has 0 unspecified atom stereocenters. The lowest BCUT2D eigenvalue weighted by atomic mass is 10.3. The summed E-state index contributed by atoms with van der Waals surface area (Å²) in [6.45, 7) is 3.77. The quantitative estimate of drug-likeness (QED) is 0.483. The molecule has 90 valence electrons. The Morgan fingerprint density at radius 1 is 1.59 bits per heavy atom. The molecule has 2 aromatic heterocycles. The van der Waals surface area contributed by atoms with E-state index in [9.17, 15) is 10.1 Å². The lowest BCUT2D eigenvalue weighted by Gasteiger charge is -2.03. The minimum atomic E-state index is -0.559. The highest BCUT2D eigenvalue weighted by Crippen LogP contribution is 2.32. The molecule has 0 fully saturated rings. The molecule has 0 aliphatic heterocycles. The number of aromatic nitrogens is 3. The predicted octanol–water partition coefficient (Wildman–Crippen LogP) is 3.34. The van der Waals surface area contributed by atoms with E-state index in [4.69, 9.17) is 11.6 Å². The number of hydrogen-bond donors (Lipinski definition) is 0. The van der Waals surface area contributed by atoms with Crippen molar-refractivity contribution in [2.75, 3.05) is 0 Å². The third kappa shape index (κ3) is 2.00. The van der Waals surface area contributed by atoms with Crippen molar-refractivity contribution in [1.82, 2.24) is 14.8 Å². The van der Waals surface area contributed by atoms with Gasteiger partial charge in [0.25, 0.3) is 0 Å². The molecule has 0 N–H and O–H groups in total. The van der Waals surface area contributed by atoms with Crippen LogP contribution in [0.15, 0.2) is 10.5 Å². The second-order valence-corrected chi connectivity index (χ2v) is 4.98. The van der Waals surface area contributed by atoms with Crippen molar-refractivity contribution in [3.8, 4) is 0 Å². The Balaban J connectivity index is 2.91. The summed E-state index contributed by atoms with van der Waals surface area (Å²) in [6.07, 6.45) is 0. The van der Waals surface area contributed by atoms with Gasteiger partial charge in [0.15, 0.2) is 5.52 Å². The molecule has 0 spiro atoms. The molecule has 0 amide bonds. The van der Waals surface area contributed by atoms with E-state index in [1.54, 1.807) is 10.7 Å². The van der Waals surface area contributed by atoms with Gasteiger partial charge in [0, 0.05) is 0 Å². The van der Waals surface area contributed by atoms with Crippen molar-refractivity contribution in [3.63, 3.8) is 0 Å². The van der Waals surface area contributed by atoms with Crippen molar-refractivity contribution in [2.45, 2.75) is 19.9 Å². The Labute approximate surface area is 110 Å². The van der Waals surface area contributed by atoms with Gasteiger partial charge in [-0.25, -0.2) is 4.98 Å². The second-order valence-electron chi connectivity index (χ2n) is 3.74. The number of pyridine rings is 1. The van der Waals surface area contributed by atoms with Gasteiger partial charge in [0.2, 0.25) is 0 Å². The highest BCUT2D eigenvalue weighted by Gasteiger charge is 2.26. The first-order valence-corrected chi connectivity index (χ1v) is 5.97. The first kappa shape index (κ1) is 12.3. The van der Waals surface area contributed by atoms with Crippen LogP contribution in [0, 0.1) is 10.1 Å². The van der Waals surface area contributed by atoms with Gasteiger partial charge in [-0.3, -0.25) is 0 Å². The molecule has 0 atom stereocenters. The molecular weight excluding hydrogens is 311 g/mol. The largest absolute Gasteiger partial charge is 0.416 e. The van der Waals surface area contributed by atoms with E-state index in [1.807, 2.05) is 13.8 Å². The average molecular weight is 320 g/mol. The molecule has 17 heavy (non-hydrogen) atoms. The zero-order valence-electron chi connectivity index (χ0n) is 9.02. The zero-order chi connectivity index (χ0) is 12.7. The van der Waals surface area contributed by atoms with Crippen molar-refractivity contribution < 1.29 is 4.92 Å². The van der Waals surface area contributed by atoms with E-state index < -0.39 is 4.92 Å². The van der Waals surface area contributed by atoms with E-state index >= 15 is 0 Å². The zero-order valence-corrected chi connectivity index (χ0v) is 11.4. The van der Waals surface area contributed by atoms with Gasteiger partial charge in [-0.1, -0.05) is 11.6 Å². The van der Waals surface area contributed by atoms with Crippen LogP contribution in [-0.2, 0) is 0 Å². The van der Waals surface area contributed by atoms with Crippen LogP contribution in [0.5, 0.6) is 0 Å². The van der Waals surface area contributed by atoms with Crippen molar-refractivity contribution in [3.05, 3.63) is 25.8 Å². The molecule has 6 nitrogen and oxygen atoms in total. The molecule has 0 aromatic carbocycles. The van der Waals surface area contributed by atoms with Crippen LogP contribution in [0.1, 0.15) is 19.9 Å². The van der Waals surface area contributed by atoms with Crippen LogP contribution in [0.2, 0.25) is 5.15 Å². The number of nitrogens with zero attached hydrogens (tertiary/aromatic N) is 4. The van der Waals surface area contributed by atoms with Crippen molar-refractivity contribution in [2.24, 2.45) is 0 Å². The fourth-order valence-electron chi connectivity index (χ4n) is 1.55. The minimum absolute atomic E-state index is 0.00882. The number of rotatable bonds is 2. The third-order valence-electron chi connectivity index (χ3n) is 2.22. The molecule has 8 heteroatoms. The molecule has 2 rings (SSSR count). The number of nitro groups is 1. The standard InChI is InChI=1S/C9H8BrClN4O2/c1-4(2)14-8-5(10)3-6(11)12-7(8)9(13-14)15(16)17/h3-4H,1-2H3. The van der Waals surface area contributed by atoms with Gasteiger partial charge >= 0.3 is 5.82 Å². The topological polar surface area (TPSA) is 73.8 Å². The summed E-state index contributed by atoms with van der Waals surface area (Å²) in [7, 11) is 0. The maximum Gasteiger partial charge on any atom is 0.416 e. The smallest absolute Gasteiger partial charge is 0.358 e. The molecule has 0 aliphatic rings. The molecule has 0 saturated heterocycles. The number of hydrogen-bond acceptors (Lipinski definition) is 4. The van der Waals surface area contributed by atoms with E-state index in [-0.39, 0.29) is 22.5 Å². The van der Waals surface area contributed by atoms with Gasteiger partial charge in [0.1, 0.15) is 10.7 Å². The lowest BCUT2D eigenvalue weighted by molar-refractivity contribution is -0.388. The van der Waals surface area contributed by atoms with Crippen LogP contribution in [0.3, 0.4) is 0 Å². The van der Waals surface area contributed by atoms with Gasteiger partial charge in [0.05, 0.1) is 15.6 Å². The van der Waals surface area contributed by atoms with Gasteiger partial charge in [-0.2, -0.15) is 4.68 Å². The lowest BCUT2D eigenvalue weighted by Crippen LogP contribution is -2.03. The molecule has 0 radical (unpaired) electrons. The third-order valence-corrected chi connectivity index (χ3v) is 3.02. The molecule has 0 saturated carbocycles. The maximum atomic E-state index is 10.9. The fourth-order valence-corrected chi connectivity index (χ4v) is 2.46. The Bertz CT molecular complexity index is 611. The first-order valence-electron chi connectivity index (χ1n) is 4.80. The summed E-state index contributed by atoms with van der Waals surface area (Å²) in [5.41, 5.74) is 0.777. The summed E-state index contributed by atoms with van der Waals surface area (Å²) < 4.78 is 2.20. The summed E-state index contributed by atoms with van der Waals surface area (Å²) in [6, 6.07) is 1.58. The Morgan fingerprint density at radius 2 is 2.24 bits per heavy atom. The molecular formula is C9H8BrClN4O2.